The molecule has 0 radical (unpaired) electrons. The van der Waals surface area contributed by atoms with E-state index < -0.39 is 11.6 Å². The molecular formula is C22H20F2N6O. The molecule has 2 atom stereocenters. The van der Waals surface area contributed by atoms with Crippen LogP contribution in [0.25, 0.3) is 27.3 Å². The molecule has 3 heterocycles. The van der Waals surface area contributed by atoms with Crippen molar-refractivity contribution in [3.8, 4) is 11.4 Å². The number of ketones is 1. The van der Waals surface area contributed by atoms with E-state index in [9.17, 15) is 13.6 Å². The minimum atomic E-state index is -0.661. The molecule has 0 amide bonds. The molecule has 3 aliphatic carbocycles. The monoisotopic (exact) mass is 422 g/mol. The smallest absolute Gasteiger partial charge is 0.217 e. The lowest BCUT2D eigenvalue weighted by atomic mass is 9.60. The summed E-state index contributed by atoms with van der Waals surface area (Å²) < 4.78 is 28.7. The molecule has 31 heavy (non-hydrogen) atoms. The average molecular weight is 422 g/mol. The zero-order chi connectivity index (χ0) is 21.7. The Labute approximate surface area is 177 Å². The fourth-order valence-electron chi connectivity index (χ4n) is 5.30. The summed E-state index contributed by atoms with van der Waals surface area (Å²) in [7, 11) is 0. The summed E-state index contributed by atoms with van der Waals surface area (Å²) in [5, 5.41) is 10.3. The second-order valence-corrected chi connectivity index (χ2v) is 8.40. The number of aromatic nitrogens is 4. The van der Waals surface area contributed by atoms with Gasteiger partial charge in [0.15, 0.2) is 17.3 Å². The number of H-pyrrole nitrogens is 1. The van der Waals surface area contributed by atoms with Crippen molar-refractivity contribution in [2.24, 2.45) is 17.8 Å². The van der Waals surface area contributed by atoms with Crippen LogP contribution in [0.4, 0.5) is 20.3 Å². The number of Topliss-reactive ketones (excluding diaryl/α,β-unsaturated/α-hetero) is 1. The standard InChI is InChI=1S/C22H20F2N6O/c1-10(31)17-11-3-5-12(6-4-11)18(17)27-22-15(24)8-16(25-2)20(28-22)19-14-7-13(23)9-26-21(14)30-29-19/h7-9,11-12,17-18H,3-6H2,1H3,(H,27,28)(H,26,29,30)/t11?,12?,17-,18?/m0/s1. The van der Waals surface area contributed by atoms with Crippen LogP contribution in [0, 0.1) is 36.0 Å². The van der Waals surface area contributed by atoms with Gasteiger partial charge in [-0.05, 0) is 56.6 Å². The van der Waals surface area contributed by atoms with E-state index >= 15 is 0 Å². The number of carbonyl (C=O) groups is 1. The van der Waals surface area contributed by atoms with E-state index in [4.69, 9.17) is 6.57 Å². The molecule has 3 aliphatic rings. The fourth-order valence-corrected chi connectivity index (χ4v) is 5.30. The molecule has 2 bridgehead atoms. The zero-order valence-corrected chi connectivity index (χ0v) is 16.8. The van der Waals surface area contributed by atoms with Crippen LogP contribution in [0.15, 0.2) is 18.3 Å². The predicted molar refractivity (Wildman–Crippen MR) is 110 cm³/mol. The van der Waals surface area contributed by atoms with Crippen molar-refractivity contribution in [2.75, 3.05) is 5.32 Å². The number of anilines is 1. The molecule has 0 spiro atoms. The molecule has 0 aromatic carbocycles. The molecule has 3 aromatic rings. The van der Waals surface area contributed by atoms with E-state index in [-0.39, 0.29) is 46.5 Å². The highest BCUT2D eigenvalue weighted by molar-refractivity contribution is 5.93. The molecular weight excluding hydrogens is 402 g/mol. The summed E-state index contributed by atoms with van der Waals surface area (Å²) in [6, 6.07) is 2.16. The lowest BCUT2D eigenvalue weighted by Gasteiger charge is -2.48. The van der Waals surface area contributed by atoms with Crippen molar-refractivity contribution < 1.29 is 13.6 Å². The highest BCUT2D eigenvalue weighted by Gasteiger charge is 2.46. The fraction of sp³-hybridized carbons (Fsp3) is 0.409. The van der Waals surface area contributed by atoms with Crippen LogP contribution in [-0.4, -0.2) is 32.0 Å². The first-order valence-corrected chi connectivity index (χ1v) is 10.3. The van der Waals surface area contributed by atoms with Gasteiger partial charge in [-0.15, -0.1) is 0 Å². The van der Waals surface area contributed by atoms with E-state index in [1.54, 1.807) is 6.92 Å². The molecule has 158 valence electrons. The maximum Gasteiger partial charge on any atom is 0.217 e. The van der Waals surface area contributed by atoms with Gasteiger partial charge in [-0.1, -0.05) is 0 Å². The maximum absolute atomic E-state index is 14.9. The molecule has 0 aliphatic heterocycles. The van der Waals surface area contributed by atoms with Crippen LogP contribution in [-0.2, 0) is 4.79 Å². The minimum absolute atomic E-state index is 0.0155. The Bertz CT molecular complexity index is 1220. The van der Waals surface area contributed by atoms with Gasteiger partial charge in [0.1, 0.15) is 11.6 Å². The normalized spacial score (nSPS) is 24.8. The number of carbonyl (C=O) groups excluding carboxylic acids is 1. The SMILES string of the molecule is [C-]#[N+]c1cc(F)c(NC2C3CCC(CC3)[C@@H]2C(C)=O)nc1-c1[nH]nc2ncc(F)cc12. The third-order valence-corrected chi connectivity index (χ3v) is 6.68. The Morgan fingerprint density at radius 3 is 2.68 bits per heavy atom. The number of fused-ring (bicyclic) bond motifs is 4. The molecule has 9 heteroatoms. The lowest BCUT2D eigenvalue weighted by Crippen LogP contribution is -2.51. The number of pyridine rings is 2. The third-order valence-electron chi connectivity index (χ3n) is 6.68. The second-order valence-electron chi connectivity index (χ2n) is 8.40. The highest BCUT2D eigenvalue weighted by atomic mass is 19.1. The van der Waals surface area contributed by atoms with Gasteiger partial charge in [0.25, 0.3) is 0 Å². The van der Waals surface area contributed by atoms with Gasteiger partial charge in [-0.3, -0.25) is 9.89 Å². The van der Waals surface area contributed by atoms with Crippen LogP contribution in [0.5, 0.6) is 0 Å². The number of rotatable bonds is 4. The van der Waals surface area contributed by atoms with Gasteiger partial charge in [0.05, 0.1) is 24.2 Å². The van der Waals surface area contributed by atoms with Crippen LogP contribution in [0.1, 0.15) is 32.6 Å². The first-order valence-electron chi connectivity index (χ1n) is 10.3. The molecule has 3 saturated carbocycles. The van der Waals surface area contributed by atoms with Crippen LogP contribution in [0.3, 0.4) is 0 Å². The molecule has 3 fully saturated rings. The van der Waals surface area contributed by atoms with Gasteiger partial charge < -0.3 is 5.32 Å². The van der Waals surface area contributed by atoms with E-state index in [1.807, 2.05) is 0 Å². The number of aromatic amines is 1. The van der Waals surface area contributed by atoms with Crippen LogP contribution >= 0.6 is 0 Å². The Balaban J connectivity index is 1.58. The predicted octanol–water partition coefficient (Wildman–Crippen LogP) is 4.65. The first-order chi connectivity index (χ1) is 15.0. The van der Waals surface area contributed by atoms with Crippen LogP contribution < -0.4 is 5.32 Å². The minimum Gasteiger partial charge on any atom is -0.364 e. The Morgan fingerprint density at radius 1 is 1.23 bits per heavy atom. The van der Waals surface area contributed by atoms with Crippen molar-refractivity contribution >= 4 is 28.3 Å². The Hall–Kier alpha value is -3.41. The van der Waals surface area contributed by atoms with Crippen LogP contribution in [0.2, 0.25) is 0 Å². The molecule has 1 unspecified atom stereocenters. The quantitative estimate of drug-likeness (QED) is 0.598. The summed E-state index contributed by atoms with van der Waals surface area (Å²) in [4.78, 5) is 24.1. The molecule has 2 N–H and O–H groups in total. The van der Waals surface area contributed by atoms with Crippen molar-refractivity contribution in [3.05, 3.63) is 41.4 Å². The van der Waals surface area contributed by atoms with Crippen molar-refractivity contribution in [2.45, 2.75) is 38.6 Å². The first kappa shape index (κ1) is 19.5. The van der Waals surface area contributed by atoms with Gasteiger partial charge in [-0.2, -0.15) is 5.10 Å². The van der Waals surface area contributed by atoms with E-state index in [0.717, 1.165) is 37.9 Å². The third kappa shape index (κ3) is 3.23. The summed E-state index contributed by atoms with van der Waals surface area (Å²) in [6.07, 6.45) is 5.08. The number of nitrogens with one attached hydrogen (secondary N) is 2. The summed E-state index contributed by atoms with van der Waals surface area (Å²) >= 11 is 0. The van der Waals surface area contributed by atoms with Crippen molar-refractivity contribution in [1.29, 1.82) is 0 Å². The Kier molecular flexibility index (Phi) is 4.65. The highest BCUT2D eigenvalue weighted by Crippen LogP contribution is 2.47. The van der Waals surface area contributed by atoms with Gasteiger partial charge in [0, 0.05) is 17.3 Å². The molecule has 0 saturated heterocycles. The lowest BCUT2D eigenvalue weighted by molar-refractivity contribution is -0.126. The van der Waals surface area contributed by atoms with E-state index in [2.05, 4.69) is 30.3 Å². The number of hydrogen-bond donors (Lipinski definition) is 2. The summed E-state index contributed by atoms with van der Waals surface area (Å²) in [5.41, 5.74) is 0.707. The number of hydrogen-bond acceptors (Lipinski definition) is 5. The molecule has 3 aromatic heterocycles. The summed E-state index contributed by atoms with van der Waals surface area (Å²) in [6.45, 7) is 9.04. The number of nitrogens with zero attached hydrogens (tertiary/aromatic N) is 4. The summed E-state index contributed by atoms with van der Waals surface area (Å²) in [5.74, 6) is -0.728. The van der Waals surface area contributed by atoms with Gasteiger partial charge >= 0.3 is 0 Å². The van der Waals surface area contributed by atoms with E-state index in [1.165, 1.54) is 6.07 Å². The van der Waals surface area contributed by atoms with E-state index in [0.29, 0.717) is 17.0 Å². The average Bonchev–Trinajstić information content (AvgIpc) is 3.18. The Morgan fingerprint density at radius 2 is 1.97 bits per heavy atom. The van der Waals surface area contributed by atoms with Gasteiger partial charge in [0.2, 0.25) is 5.69 Å². The molecule has 7 nitrogen and oxygen atoms in total. The largest absolute Gasteiger partial charge is 0.364 e. The van der Waals surface area contributed by atoms with Crippen molar-refractivity contribution in [3.63, 3.8) is 0 Å². The maximum atomic E-state index is 14.9. The topological polar surface area (TPSA) is 87.9 Å². The molecule has 6 rings (SSSR count). The number of halogens is 2. The second kappa shape index (κ2) is 7.38. The van der Waals surface area contributed by atoms with Crippen molar-refractivity contribution in [1.82, 2.24) is 20.2 Å². The zero-order valence-electron chi connectivity index (χ0n) is 16.8. The van der Waals surface area contributed by atoms with Gasteiger partial charge in [-0.25, -0.2) is 23.6 Å².